The van der Waals surface area contributed by atoms with Crippen molar-refractivity contribution in [1.82, 2.24) is 0 Å². The lowest BCUT2D eigenvalue weighted by molar-refractivity contribution is 0.566. The summed E-state index contributed by atoms with van der Waals surface area (Å²) in [6.07, 6.45) is 15.8. The van der Waals surface area contributed by atoms with Crippen molar-refractivity contribution in [2.45, 2.75) is 71.1 Å². The standard InChI is InChI=1S/C13H25Cl/c1-2-3-4-5-6-7-8-9-10-11-12-13-14/h12-13H,2-11H2,1H3. The van der Waals surface area contributed by atoms with Crippen LogP contribution in [0.15, 0.2) is 11.6 Å². The fraction of sp³-hybridized carbons (Fsp3) is 0.846. The van der Waals surface area contributed by atoms with Gasteiger partial charge in [0.1, 0.15) is 0 Å². The first-order valence-electron chi connectivity index (χ1n) is 6.17. The minimum absolute atomic E-state index is 1.15. The molecule has 0 aliphatic rings. The van der Waals surface area contributed by atoms with Crippen molar-refractivity contribution in [2.24, 2.45) is 0 Å². The maximum Gasteiger partial charge on any atom is 0.000245 e. The second-order valence-electron chi connectivity index (χ2n) is 3.98. The van der Waals surface area contributed by atoms with Crippen LogP contribution in [0.4, 0.5) is 0 Å². The van der Waals surface area contributed by atoms with Gasteiger partial charge in [0.25, 0.3) is 0 Å². The summed E-state index contributed by atoms with van der Waals surface area (Å²) >= 11 is 5.43. The van der Waals surface area contributed by atoms with Crippen LogP contribution in [0.25, 0.3) is 0 Å². The second-order valence-corrected chi connectivity index (χ2v) is 4.23. The van der Waals surface area contributed by atoms with Crippen molar-refractivity contribution in [1.29, 1.82) is 0 Å². The van der Waals surface area contributed by atoms with E-state index in [0.29, 0.717) is 0 Å². The van der Waals surface area contributed by atoms with E-state index in [-0.39, 0.29) is 0 Å². The lowest BCUT2D eigenvalue weighted by Gasteiger charge is -2.00. The highest BCUT2D eigenvalue weighted by molar-refractivity contribution is 6.25. The van der Waals surface area contributed by atoms with Crippen molar-refractivity contribution in [2.75, 3.05) is 0 Å². The van der Waals surface area contributed by atoms with Crippen LogP contribution in [0, 0.1) is 0 Å². The van der Waals surface area contributed by atoms with Gasteiger partial charge in [-0.15, -0.1) is 0 Å². The molecule has 0 unspecified atom stereocenters. The first kappa shape index (κ1) is 14.0. The fourth-order valence-electron chi connectivity index (χ4n) is 1.64. The molecule has 0 aromatic carbocycles. The Morgan fingerprint density at radius 3 is 1.79 bits per heavy atom. The third-order valence-electron chi connectivity index (χ3n) is 2.56. The number of rotatable bonds is 10. The van der Waals surface area contributed by atoms with E-state index >= 15 is 0 Å². The van der Waals surface area contributed by atoms with Crippen LogP contribution >= 0.6 is 11.6 Å². The van der Waals surface area contributed by atoms with Crippen molar-refractivity contribution >= 4 is 11.6 Å². The summed E-state index contributed by atoms with van der Waals surface area (Å²) in [6.45, 7) is 2.27. The molecule has 0 spiro atoms. The molecule has 0 N–H and O–H groups in total. The summed E-state index contributed by atoms with van der Waals surface area (Å²) in [5.41, 5.74) is 1.63. The summed E-state index contributed by atoms with van der Waals surface area (Å²) < 4.78 is 0. The van der Waals surface area contributed by atoms with Gasteiger partial charge in [0.2, 0.25) is 0 Å². The van der Waals surface area contributed by atoms with Gasteiger partial charge in [0.15, 0.2) is 0 Å². The number of unbranched alkanes of at least 4 members (excludes halogenated alkanes) is 9. The average Bonchev–Trinajstić information content (AvgIpc) is 2.21. The largest absolute Gasteiger partial charge is 0.0933 e. The van der Waals surface area contributed by atoms with Crippen molar-refractivity contribution in [3.63, 3.8) is 0 Å². The molecule has 14 heavy (non-hydrogen) atoms. The Bertz CT molecular complexity index is 118. The van der Waals surface area contributed by atoms with E-state index in [0.717, 1.165) is 6.42 Å². The molecule has 84 valence electrons. The highest BCUT2D eigenvalue weighted by atomic mass is 35.5. The third-order valence-corrected chi connectivity index (χ3v) is 2.74. The van der Waals surface area contributed by atoms with Crippen LogP contribution in [-0.4, -0.2) is 0 Å². The molecule has 0 heterocycles. The van der Waals surface area contributed by atoms with Gasteiger partial charge in [-0.3, -0.25) is 0 Å². The molecule has 0 fully saturated rings. The molecule has 0 saturated carbocycles. The van der Waals surface area contributed by atoms with E-state index < -0.39 is 0 Å². The summed E-state index contributed by atoms with van der Waals surface area (Å²) in [7, 11) is 0. The van der Waals surface area contributed by atoms with Gasteiger partial charge in [0.05, 0.1) is 0 Å². The number of hydrogen-bond acceptors (Lipinski definition) is 0. The Balaban J connectivity index is 2.85. The molecular weight excluding hydrogens is 192 g/mol. The van der Waals surface area contributed by atoms with E-state index in [1.165, 1.54) is 57.8 Å². The van der Waals surface area contributed by atoms with E-state index in [9.17, 15) is 0 Å². The first-order valence-corrected chi connectivity index (χ1v) is 6.60. The molecule has 0 rings (SSSR count). The molecule has 0 aliphatic carbocycles. The van der Waals surface area contributed by atoms with Crippen LogP contribution in [0.1, 0.15) is 71.1 Å². The molecule has 0 aromatic rings. The summed E-state index contributed by atoms with van der Waals surface area (Å²) in [4.78, 5) is 0. The molecule has 0 amide bonds. The minimum atomic E-state index is 1.15. The van der Waals surface area contributed by atoms with Crippen molar-refractivity contribution in [3.05, 3.63) is 11.6 Å². The van der Waals surface area contributed by atoms with Crippen LogP contribution in [-0.2, 0) is 0 Å². The lowest BCUT2D eigenvalue weighted by Crippen LogP contribution is -1.80. The Labute approximate surface area is 94.7 Å². The molecule has 0 radical (unpaired) electrons. The van der Waals surface area contributed by atoms with Crippen LogP contribution < -0.4 is 0 Å². The summed E-state index contributed by atoms with van der Waals surface area (Å²) in [6, 6.07) is 0. The van der Waals surface area contributed by atoms with Gasteiger partial charge in [0, 0.05) is 5.54 Å². The van der Waals surface area contributed by atoms with Crippen LogP contribution in [0.3, 0.4) is 0 Å². The minimum Gasteiger partial charge on any atom is -0.0933 e. The highest BCUT2D eigenvalue weighted by Gasteiger charge is 1.90. The number of allylic oxidation sites excluding steroid dienone is 1. The van der Waals surface area contributed by atoms with E-state index in [1.807, 2.05) is 6.08 Å². The summed E-state index contributed by atoms with van der Waals surface area (Å²) in [5.74, 6) is 0. The maximum absolute atomic E-state index is 5.43. The van der Waals surface area contributed by atoms with Gasteiger partial charge in [-0.25, -0.2) is 0 Å². The molecule has 1 heteroatoms. The quantitative estimate of drug-likeness (QED) is 0.414. The Hall–Kier alpha value is 0.0300. The zero-order valence-electron chi connectivity index (χ0n) is 9.60. The average molecular weight is 217 g/mol. The molecule has 0 aromatic heterocycles. The van der Waals surface area contributed by atoms with Gasteiger partial charge >= 0.3 is 0 Å². The second kappa shape index (κ2) is 13.0. The van der Waals surface area contributed by atoms with Gasteiger partial charge in [-0.05, 0) is 12.8 Å². The lowest BCUT2D eigenvalue weighted by atomic mass is 10.1. The van der Waals surface area contributed by atoms with E-state index in [2.05, 4.69) is 6.92 Å². The maximum atomic E-state index is 5.43. The molecule has 0 nitrogen and oxygen atoms in total. The number of hydrogen-bond donors (Lipinski definition) is 0. The normalized spacial score (nSPS) is 11.3. The van der Waals surface area contributed by atoms with Gasteiger partial charge in [-0.1, -0.05) is 76.0 Å². The monoisotopic (exact) mass is 216 g/mol. The fourth-order valence-corrected chi connectivity index (χ4v) is 1.76. The predicted molar refractivity (Wildman–Crippen MR) is 66.8 cm³/mol. The van der Waals surface area contributed by atoms with Crippen molar-refractivity contribution < 1.29 is 0 Å². The Kier molecular flexibility index (Phi) is 13.1. The summed E-state index contributed by atoms with van der Waals surface area (Å²) in [5, 5.41) is 0. The van der Waals surface area contributed by atoms with E-state index in [4.69, 9.17) is 11.6 Å². The van der Waals surface area contributed by atoms with E-state index in [1.54, 1.807) is 5.54 Å². The molecular formula is C13H25Cl. The molecule has 0 bridgehead atoms. The third kappa shape index (κ3) is 12.0. The zero-order chi connectivity index (χ0) is 10.5. The van der Waals surface area contributed by atoms with Gasteiger partial charge < -0.3 is 0 Å². The van der Waals surface area contributed by atoms with Crippen molar-refractivity contribution in [3.8, 4) is 0 Å². The highest BCUT2D eigenvalue weighted by Crippen LogP contribution is 2.10. The topological polar surface area (TPSA) is 0 Å². The SMILES string of the molecule is CCCCCCCCCCCC=CCl. The Morgan fingerprint density at radius 1 is 0.786 bits per heavy atom. The molecule has 0 aliphatic heterocycles. The first-order chi connectivity index (χ1) is 6.91. The van der Waals surface area contributed by atoms with Crippen LogP contribution in [0.2, 0.25) is 0 Å². The molecule has 0 saturated heterocycles. The predicted octanol–water partition coefficient (Wildman–Crippen LogP) is 5.66. The zero-order valence-corrected chi connectivity index (χ0v) is 10.4. The van der Waals surface area contributed by atoms with Gasteiger partial charge in [-0.2, -0.15) is 0 Å². The molecule has 0 atom stereocenters. The smallest absolute Gasteiger partial charge is 0.000245 e. The Morgan fingerprint density at radius 2 is 1.29 bits per heavy atom. The van der Waals surface area contributed by atoms with Crippen LogP contribution in [0.5, 0.6) is 0 Å². The number of halogens is 1.